The van der Waals surface area contributed by atoms with Gasteiger partial charge in [-0.1, -0.05) is 146 Å². The van der Waals surface area contributed by atoms with Crippen molar-refractivity contribution in [1.82, 2.24) is 4.57 Å². The molecule has 0 fully saturated rings. The van der Waals surface area contributed by atoms with Gasteiger partial charge in [-0.05, 0) is 88.3 Å². The van der Waals surface area contributed by atoms with Crippen LogP contribution < -0.4 is 4.90 Å². The summed E-state index contributed by atoms with van der Waals surface area (Å²) >= 11 is 0. The third-order valence-electron chi connectivity index (χ3n) is 11.0. The molecule has 0 atom stereocenters. The van der Waals surface area contributed by atoms with Crippen LogP contribution in [0.1, 0.15) is 0 Å². The Labute approximate surface area is 318 Å². The number of hydrogen-bond donors (Lipinski definition) is 0. The van der Waals surface area contributed by atoms with E-state index in [1.807, 2.05) is 12.1 Å². The lowest BCUT2D eigenvalue weighted by Gasteiger charge is -2.27. The molecule has 55 heavy (non-hydrogen) atoms. The van der Waals surface area contributed by atoms with E-state index >= 15 is 0 Å². The Morgan fingerprint density at radius 3 is 1.87 bits per heavy atom. The minimum absolute atomic E-state index is 0.870. The van der Waals surface area contributed by atoms with Crippen molar-refractivity contribution in [2.75, 3.05) is 4.90 Å². The van der Waals surface area contributed by atoms with Crippen LogP contribution in [0, 0.1) is 0 Å². The average Bonchev–Trinajstić information content (AvgIpc) is 3.81. The largest absolute Gasteiger partial charge is 0.456 e. The second kappa shape index (κ2) is 12.6. The molecular formula is C52H34N2O. The van der Waals surface area contributed by atoms with E-state index in [1.54, 1.807) is 0 Å². The molecule has 0 spiro atoms. The normalized spacial score (nSPS) is 11.6. The summed E-state index contributed by atoms with van der Waals surface area (Å²) < 4.78 is 8.81. The summed E-state index contributed by atoms with van der Waals surface area (Å²) in [5.41, 5.74) is 13.2. The molecule has 2 heterocycles. The predicted octanol–water partition coefficient (Wildman–Crippen LogP) is 14.6. The molecule has 11 aromatic rings. The SMILES string of the molecule is c1ccc(-c2cccc(N(c3ccc(-c4ccc5c6ccc7ccccc7c6n(-c6ccccc6)c5c4)cc3)c3cccc4oc5ccccc5c34)c2)cc1. The summed E-state index contributed by atoms with van der Waals surface area (Å²) in [6, 6.07) is 73.9. The summed E-state index contributed by atoms with van der Waals surface area (Å²) in [4.78, 5) is 2.36. The van der Waals surface area contributed by atoms with Crippen LogP contribution in [0.25, 0.3) is 82.5 Å². The number of rotatable bonds is 6. The van der Waals surface area contributed by atoms with Crippen LogP contribution in [0.2, 0.25) is 0 Å². The quantitative estimate of drug-likeness (QED) is 0.172. The maximum Gasteiger partial charge on any atom is 0.137 e. The van der Waals surface area contributed by atoms with Crippen molar-refractivity contribution in [1.29, 1.82) is 0 Å². The van der Waals surface area contributed by atoms with Crippen molar-refractivity contribution in [2.45, 2.75) is 0 Å². The summed E-state index contributed by atoms with van der Waals surface area (Å²) in [5.74, 6) is 0. The number of anilines is 3. The lowest BCUT2D eigenvalue weighted by molar-refractivity contribution is 0.669. The van der Waals surface area contributed by atoms with E-state index in [2.05, 4.69) is 204 Å². The maximum atomic E-state index is 6.38. The number of furan rings is 1. The Bertz CT molecular complexity index is 3190. The molecule has 0 unspecified atom stereocenters. The highest BCUT2D eigenvalue weighted by molar-refractivity contribution is 6.19. The first-order valence-corrected chi connectivity index (χ1v) is 18.8. The number of para-hydroxylation sites is 2. The number of fused-ring (bicyclic) bond motifs is 8. The highest BCUT2D eigenvalue weighted by Gasteiger charge is 2.21. The van der Waals surface area contributed by atoms with Gasteiger partial charge < -0.3 is 13.9 Å². The first-order chi connectivity index (χ1) is 27.3. The first-order valence-electron chi connectivity index (χ1n) is 18.8. The fourth-order valence-corrected chi connectivity index (χ4v) is 8.43. The Balaban J connectivity index is 1.08. The molecule has 0 N–H and O–H groups in total. The molecule has 0 saturated carbocycles. The second-order valence-corrected chi connectivity index (χ2v) is 14.1. The van der Waals surface area contributed by atoms with Crippen molar-refractivity contribution in [3.05, 3.63) is 206 Å². The van der Waals surface area contributed by atoms with E-state index in [9.17, 15) is 0 Å². The van der Waals surface area contributed by atoms with Crippen molar-refractivity contribution in [3.8, 4) is 27.9 Å². The van der Waals surface area contributed by atoms with E-state index in [4.69, 9.17) is 4.42 Å². The number of hydrogen-bond acceptors (Lipinski definition) is 2. The topological polar surface area (TPSA) is 21.3 Å². The monoisotopic (exact) mass is 702 g/mol. The lowest BCUT2D eigenvalue weighted by Crippen LogP contribution is -2.10. The van der Waals surface area contributed by atoms with Crippen molar-refractivity contribution >= 4 is 71.6 Å². The zero-order valence-corrected chi connectivity index (χ0v) is 29.9. The van der Waals surface area contributed by atoms with Gasteiger partial charge in [-0.25, -0.2) is 0 Å². The summed E-state index contributed by atoms with van der Waals surface area (Å²) in [5, 5.41) is 7.19. The van der Waals surface area contributed by atoms with Crippen LogP contribution in [0.15, 0.2) is 211 Å². The fourth-order valence-electron chi connectivity index (χ4n) is 8.43. The minimum atomic E-state index is 0.870. The summed E-state index contributed by atoms with van der Waals surface area (Å²) in [7, 11) is 0. The lowest BCUT2D eigenvalue weighted by atomic mass is 10.0. The molecule has 11 rings (SSSR count). The van der Waals surface area contributed by atoms with Gasteiger partial charge in [0.2, 0.25) is 0 Å². The van der Waals surface area contributed by atoms with Gasteiger partial charge in [0, 0.05) is 38.6 Å². The molecule has 0 aliphatic heterocycles. The first kappa shape index (κ1) is 31.2. The van der Waals surface area contributed by atoms with Crippen LogP contribution in [0.3, 0.4) is 0 Å². The molecule has 3 nitrogen and oxygen atoms in total. The van der Waals surface area contributed by atoms with Gasteiger partial charge in [0.1, 0.15) is 11.2 Å². The minimum Gasteiger partial charge on any atom is -0.456 e. The third kappa shape index (κ3) is 5.13. The van der Waals surface area contributed by atoms with Crippen LogP contribution in [0.5, 0.6) is 0 Å². The Hall–Kier alpha value is -7.36. The molecular weight excluding hydrogens is 669 g/mol. The molecule has 3 heteroatoms. The van der Waals surface area contributed by atoms with Gasteiger partial charge in [0.15, 0.2) is 0 Å². The highest BCUT2D eigenvalue weighted by atomic mass is 16.3. The van der Waals surface area contributed by atoms with Gasteiger partial charge in [0.25, 0.3) is 0 Å². The molecule has 0 saturated heterocycles. The molecule has 9 aromatic carbocycles. The molecule has 258 valence electrons. The Kier molecular flexibility index (Phi) is 7.17. The van der Waals surface area contributed by atoms with E-state index in [0.717, 1.165) is 50.3 Å². The average molecular weight is 703 g/mol. The van der Waals surface area contributed by atoms with Crippen molar-refractivity contribution in [2.24, 2.45) is 0 Å². The zero-order chi connectivity index (χ0) is 36.3. The number of nitrogens with zero attached hydrogens (tertiary/aromatic N) is 2. The van der Waals surface area contributed by atoms with Gasteiger partial charge in [-0.2, -0.15) is 0 Å². The molecule has 0 bridgehead atoms. The number of aromatic nitrogens is 1. The molecule has 2 aromatic heterocycles. The smallest absolute Gasteiger partial charge is 0.137 e. The van der Waals surface area contributed by atoms with Crippen molar-refractivity contribution in [3.63, 3.8) is 0 Å². The van der Waals surface area contributed by atoms with Crippen LogP contribution in [-0.4, -0.2) is 4.57 Å². The molecule has 0 aliphatic carbocycles. The highest BCUT2D eigenvalue weighted by Crippen LogP contribution is 2.44. The van der Waals surface area contributed by atoms with Crippen LogP contribution in [-0.2, 0) is 0 Å². The van der Waals surface area contributed by atoms with E-state index < -0.39 is 0 Å². The summed E-state index contributed by atoms with van der Waals surface area (Å²) in [6.07, 6.45) is 0. The zero-order valence-electron chi connectivity index (χ0n) is 29.9. The molecule has 0 amide bonds. The number of benzene rings is 9. The predicted molar refractivity (Wildman–Crippen MR) is 231 cm³/mol. The fraction of sp³-hybridized carbons (Fsp3) is 0. The van der Waals surface area contributed by atoms with Gasteiger partial charge in [-0.3, -0.25) is 0 Å². The standard InChI is InChI=1S/C52H34N2O/c1-3-13-35(14-4-1)38-16-11-19-42(33-38)53(47-22-12-24-50-51(47)46-21-9-10-23-49(46)55-50)41-29-25-36(26-30-41)39-28-31-44-45-32-27-37-15-7-8-20-43(37)52(45)54(48(44)34-39)40-17-5-2-6-18-40/h1-34H. The molecule has 0 radical (unpaired) electrons. The van der Waals surface area contributed by atoms with Gasteiger partial charge in [-0.15, -0.1) is 0 Å². The van der Waals surface area contributed by atoms with Gasteiger partial charge in [0.05, 0.1) is 22.1 Å². The van der Waals surface area contributed by atoms with E-state index in [0.29, 0.717) is 0 Å². The third-order valence-corrected chi connectivity index (χ3v) is 11.0. The Morgan fingerprint density at radius 2 is 1.02 bits per heavy atom. The summed E-state index contributed by atoms with van der Waals surface area (Å²) in [6.45, 7) is 0. The van der Waals surface area contributed by atoms with Crippen molar-refractivity contribution < 1.29 is 4.42 Å². The van der Waals surface area contributed by atoms with Crippen LogP contribution in [0.4, 0.5) is 17.1 Å². The Morgan fingerprint density at radius 1 is 0.382 bits per heavy atom. The molecule has 0 aliphatic rings. The van der Waals surface area contributed by atoms with Crippen LogP contribution >= 0.6 is 0 Å². The van der Waals surface area contributed by atoms with E-state index in [-0.39, 0.29) is 0 Å². The van der Waals surface area contributed by atoms with Gasteiger partial charge >= 0.3 is 0 Å². The maximum absolute atomic E-state index is 6.38. The van der Waals surface area contributed by atoms with E-state index in [1.165, 1.54) is 49.3 Å². The second-order valence-electron chi connectivity index (χ2n) is 14.1.